The molecule has 0 aromatic rings. The SMILES string of the molecule is C=CCCOC(=O)[C@H]1[C@@H]2OC3(CC2Br)C(C(=O)N(CC=C)C(C)(C)CC(C)(C)C)N(CCO)C(=O)[C@H]13. The second-order valence-corrected chi connectivity index (χ2v) is 13.1. The minimum atomic E-state index is -1.18. The first-order valence-corrected chi connectivity index (χ1v) is 13.6. The summed E-state index contributed by atoms with van der Waals surface area (Å²) in [5.41, 5.74) is -1.77. The van der Waals surface area contributed by atoms with Crippen LogP contribution in [0.4, 0.5) is 0 Å². The summed E-state index contributed by atoms with van der Waals surface area (Å²) < 4.78 is 11.9. The topological polar surface area (TPSA) is 96.4 Å². The predicted molar refractivity (Wildman–Crippen MR) is 140 cm³/mol. The van der Waals surface area contributed by atoms with Crippen LogP contribution in [0.3, 0.4) is 0 Å². The number of esters is 1. The number of nitrogens with zero attached hydrogens (tertiary/aromatic N) is 2. The smallest absolute Gasteiger partial charge is 0.312 e. The van der Waals surface area contributed by atoms with E-state index < -0.39 is 41.1 Å². The van der Waals surface area contributed by atoms with Crippen molar-refractivity contribution in [2.75, 3.05) is 26.3 Å². The van der Waals surface area contributed by atoms with E-state index in [-0.39, 0.29) is 41.8 Å². The molecule has 3 rings (SSSR count). The molecule has 1 N–H and O–H groups in total. The maximum Gasteiger partial charge on any atom is 0.312 e. The lowest BCUT2D eigenvalue weighted by molar-refractivity contribution is -0.156. The molecule has 0 saturated carbocycles. The highest BCUT2D eigenvalue weighted by atomic mass is 79.9. The number of likely N-dealkylation sites (tertiary alicyclic amines) is 1. The molecule has 3 unspecified atom stereocenters. The van der Waals surface area contributed by atoms with Crippen molar-refractivity contribution < 1.29 is 29.0 Å². The van der Waals surface area contributed by atoms with Crippen molar-refractivity contribution in [2.45, 2.75) is 82.0 Å². The molecule has 2 bridgehead atoms. The van der Waals surface area contributed by atoms with E-state index in [9.17, 15) is 19.5 Å². The zero-order valence-corrected chi connectivity index (χ0v) is 23.8. The van der Waals surface area contributed by atoms with Crippen LogP contribution in [0.25, 0.3) is 0 Å². The molecule has 8 nitrogen and oxygen atoms in total. The summed E-state index contributed by atoms with van der Waals surface area (Å²) >= 11 is 3.65. The molecule has 202 valence electrons. The Morgan fingerprint density at radius 1 is 1.28 bits per heavy atom. The maximum atomic E-state index is 14.4. The first-order chi connectivity index (χ1) is 16.8. The molecule has 6 atom stereocenters. The summed E-state index contributed by atoms with van der Waals surface area (Å²) in [7, 11) is 0. The number of carbonyl (C=O) groups excluding carboxylic acids is 3. The fourth-order valence-electron chi connectivity index (χ4n) is 6.67. The minimum absolute atomic E-state index is 0.0195. The largest absolute Gasteiger partial charge is 0.465 e. The van der Waals surface area contributed by atoms with Crippen molar-refractivity contribution in [3.05, 3.63) is 25.3 Å². The van der Waals surface area contributed by atoms with E-state index in [0.29, 0.717) is 19.4 Å². The Bertz CT molecular complexity index is 899. The van der Waals surface area contributed by atoms with Gasteiger partial charge in [-0.1, -0.05) is 48.9 Å². The van der Waals surface area contributed by atoms with Crippen molar-refractivity contribution in [2.24, 2.45) is 17.3 Å². The molecule has 3 saturated heterocycles. The van der Waals surface area contributed by atoms with Gasteiger partial charge >= 0.3 is 5.97 Å². The highest BCUT2D eigenvalue weighted by Gasteiger charge is 2.77. The highest BCUT2D eigenvalue weighted by molar-refractivity contribution is 9.09. The van der Waals surface area contributed by atoms with Crippen LogP contribution in [0.5, 0.6) is 0 Å². The molecular formula is C27H41BrN2O6. The number of hydrogen-bond donors (Lipinski definition) is 1. The van der Waals surface area contributed by atoms with E-state index in [1.807, 2.05) is 13.8 Å². The van der Waals surface area contributed by atoms with Gasteiger partial charge in [0.2, 0.25) is 11.8 Å². The van der Waals surface area contributed by atoms with E-state index in [1.165, 1.54) is 4.90 Å². The second-order valence-electron chi connectivity index (χ2n) is 12.0. The molecule has 3 aliphatic heterocycles. The Labute approximate surface area is 223 Å². The zero-order chi connectivity index (χ0) is 27.1. The third-order valence-corrected chi connectivity index (χ3v) is 8.32. The molecular weight excluding hydrogens is 528 g/mol. The number of fused-ring (bicyclic) bond motifs is 1. The van der Waals surface area contributed by atoms with Crippen LogP contribution in [0.1, 0.15) is 53.9 Å². The predicted octanol–water partition coefficient (Wildman–Crippen LogP) is 3.08. The van der Waals surface area contributed by atoms with E-state index in [1.54, 1.807) is 17.1 Å². The molecule has 3 aliphatic rings. The summed E-state index contributed by atoms with van der Waals surface area (Å²) in [6.07, 6.45) is 4.40. The van der Waals surface area contributed by atoms with Gasteiger partial charge in [-0.25, -0.2) is 0 Å². The molecule has 0 aliphatic carbocycles. The van der Waals surface area contributed by atoms with Gasteiger partial charge in [0.25, 0.3) is 0 Å². The van der Waals surface area contributed by atoms with Gasteiger partial charge in [-0.15, -0.1) is 13.2 Å². The number of aliphatic hydroxyl groups is 1. The number of hydrogen-bond acceptors (Lipinski definition) is 6. The standard InChI is InChI=1S/C27H41BrN2O6/c1-8-10-14-35-24(34)18-19-22(32)29(12-13-31)21(27(19)15-17(28)20(18)36-27)23(33)30(11-9-2)26(6,7)16-25(3,4)5/h8-9,17-21,31H,1-2,10-16H2,3-7H3/t17?,18-,19+,20-,21?,27?/m1/s1. The maximum absolute atomic E-state index is 14.4. The van der Waals surface area contributed by atoms with Gasteiger partial charge < -0.3 is 24.4 Å². The van der Waals surface area contributed by atoms with Crippen molar-refractivity contribution in [3.63, 3.8) is 0 Å². The van der Waals surface area contributed by atoms with Crippen LogP contribution < -0.4 is 0 Å². The average molecular weight is 570 g/mol. The Morgan fingerprint density at radius 2 is 1.94 bits per heavy atom. The Balaban J connectivity index is 2.04. The van der Waals surface area contributed by atoms with Gasteiger partial charge in [-0.3, -0.25) is 14.4 Å². The van der Waals surface area contributed by atoms with Crippen molar-refractivity contribution in [1.82, 2.24) is 9.80 Å². The van der Waals surface area contributed by atoms with Gasteiger partial charge in [0.1, 0.15) is 11.6 Å². The molecule has 9 heteroatoms. The first-order valence-electron chi connectivity index (χ1n) is 12.7. The fourth-order valence-corrected chi connectivity index (χ4v) is 7.61. The monoisotopic (exact) mass is 568 g/mol. The zero-order valence-electron chi connectivity index (χ0n) is 22.2. The summed E-state index contributed by atoms with van der Waals surface area (Å²) in [6.45, 7) is 18.1. The number of alkyl halides is 1. The van der Waals surface area contributed by atoms with E-state index in [4.69, 9.17) is 9.47 Å². The van der Waals surface area contributed by atoms with Gasteiger partial charge in [0.05, 0.1) is 31.2 Å². The first kappa shape index (κ1) is 28.9. The quantitative estimate of drug-likeness (QED) is 0.178. The number of ether oxygens (including phenoxy) is 2. The van der Waals surface area contributed by atoms with Crippen molar-refractivity contribution >= 4 is 33.7 Å². The van der Waals surface area contributed by atoms with Crippen molar-refractivity contribution in [3.8, 4) is 0 Å². The number of rotatable bonds is 11. The fraction of sp³-hybridized carbons (Fsp3) is 0.741. The van der Waals surface area contributed by atoms with Crippen LogP contribution in [0.2, 0.25) is 0 Å². The van der Waals surface area contributed by atoms with Crippen molar-refractivity contribution in [1.29, 1.82) is 0 Å². The lowest BCUT2D eigenvalue weighted by Gasteiger charge is -2.45. The number of carbonyl (C=O) groups is 3. The summed E-state index contributed by atoms with van der Waals surface area (Å²) in [4.78, 5) is 44.3. The summed E-state index contributed by atoms with van der Waals surface area (Å²) in [6, 6.07) is -0.961. The normalized spacial score (nSPS) is 31.4. The number of halogens is 1. The lowest BCUT2D eigenvalue weighted by Crippen LogP contribution is -2.61. The molecule has 0 radical (unpaired) electrons. The third kappa shape index (κ3) is 5.03. The van der Waals surface area contributed by atoms with E-state index >= 15 is 0 Å². The Kier molecular flexibility index (Phi) is 8.48. The highest BCUT2D eigenvalue weighted by Crippen LogP contribution is 2.60. The van der Waals surface area contributed by atoms with Gasteiger partial charge in [-0.05, 0) is 38.5 Å². The molecule has 0 aromatic carbocycles. The number of β-amino-alcohol motifs (C(OH)–C–C–N with tert-alkyl or cyclic N) is 1. The third-order valence-electron chi connectivity index (χ3n) is 7.47. The summed E-state index contributed by atoms with van der Waals surface area (Å²) in [5, 5.41) is 9.81. The van der Waals surface area contributed by atoms with Gasteiger partial charge in [-0.2, -0.15) is 0 Å². The van der Waals surface area contributed by atoms with Gasteiger partial charge in [0, 0.05) is 23.5 Å². The Morgan fingerprint density at radius 3 is 2.50 bits per heavy atom. The van der Waals surface area contributed by atoms with E-state index in [2.05, 4.69) is 49.9 Å². The van der Waals surface area contributed by atoms with Crippen LogP contribution in [0, 0.1) is 17.3 Å². The molecule has 3 fully saturated rings. The summed E-state index contributed by atoms with van der Waals surface area (Å²) in [5.74, 6) is -2.77. The molecule has 0 aromatic heterocycles. The molecule has 2 amide bonds. The second kappa shape index (κ2) is 10.6. The molecule has 3 heterocycles. The average Bonchev–Trinajstić information content (AvgIpc) is 3.34. The molecule has 1 spiro atoms. The minimum Gasteiger partial charge on any atom is -0.465 e. The van der Waals surface area contributed by atoms with Crippen LogP contribution in [-0.4, -0.2) is 87.1 Å². The van der Waals surface area contributed by atoms with Crippen LogP contribution >= 0.6 is 15.9 Å². The van der Waals surface area contributed by atoms with E-state index in [0.717, 1.165) is 6.42 Å². The Hall–Kier alpha value is -1.71. The number of aliphatic hydroxyl groups excluding tert-OH is 1. The molecule has 36 heavy (non-hydrogen) atoms. The van der Waals surface area contributed by atoms with Gasteiger partial charge in [0.15, 0.2) is 0 Å². The van der Waals surface area contributed by atoms with Crippen LogP contribution in [-0.2, 0) is 23.9 Å². The van der Waals surface area contributed by atoms with Crippen LogP contribution in [0.15, 0.2) is 25.3 Å². The number of amides is 2. The lowest BCUT2D eigenvalue weighted by atomic mass is 9.70.